The number of alkyl halides is 1. The smallest absolute Gasteiger partial charge is 0.0659 e. The number of benzene rings is 1. The van der Waals surface area contributed by atoms with Crippen LogP contribution in [0.3, 0.4) is 0 Å². The highest BCUT2D eigenvalue weighted by Gasteiger charge is 2.00. The van der Waals surface area contributed by atoms with E-state index in [0.29, 0.717) is 0 Å². The lowest BCUT2D eigenvalue weighted by Gasteiger charge is -2.02. The molecule has 17 heavy (non-hydrogen) atoms. The van der Waals surface area contributed by atoms with Gasteiger partial charge >= 0.3 is 0 Å². The number of aryl methyl sites for hydroxylation is 2. The van der Waals surface area contributed by atoms with E-state index >= 15 is 0 Å². The van der Waals surface area contributed by atoms with Crippen LogP contribution in [0.1, 0.15) is 23.1 Å². The third kappa shape index (κ3) is 3.70. The number of halogens is 1. The molecule has 0 N–H and O–H groups in total. The molecule has 0 aliphatic heterocycles. The first-order chi connectivity index (χ1) is 8.28. The van der Waals surface area contributed by atoms with Crippen LogP contribution in [-0.2, 0) is 13.0 Å². The zero-order valence-electron chi connectivity index (χ0n) is 10.1. The van der Waals surface area contributed by atoms with Gasteiger partial charge < -0.3 is 0 Å². The Morgan fingerprint density at radius 1 is 1.29 bits per heavy atom. The van der Waals surface area contributed by atoms with Crippen LogP contribution >= 0.6 is 15.9 Å². The zero-order chi connectivity index (χ0) is 12.1. The molecule has 0 spiro atoms. The van der Waals surface area contributed by atoms with E-state index < -0.39 is 0 Å². The molecule has 0 bridgehead atoms. The summed E-state index contributed by atoms with van der Waals surface area (Å²) in [4.78, 5) is 0. The average Bonchev–Trinajstić information content (AvgIpc) is 2.74. The van der Waals surface area contributed by atoms with Crippen LogP contribution in [0.5, 0.6) is 0 Å². The van der Waals surface area contributed by atoms with Crippen molar-refractivity contribution in [2.45, 2.75) is 26.3 Å². The van der Waals surface area contributed by atoms with E-state index in [-0.39, 0.29) is 0 Å². The van der Waals surface area contributed by atoms with Crippen LogP contribution in [0.15, 0.2) is 36.7 Å². The van der Waals surface area contributed by atoms with Gasteiger partial charge in [0.25, 0.3) is 0 Å². The predicted octanol–water partition coefficient (Wildman–Crippen LogP) is 3.57. The maximum atomic E-state index is 4.40. The number of rotatable bonds is 5. The molecule has 0 aliphatic rings. The monoisotopic (exact) mass is 292 g/mol. The summed E-state index contributed by atoms with van der Waals surface area (Å²) in [5, 5.41) is 5.45. The van der Waals surface area contributed by atoms with Gasteiger partial charge in [-0.1, -0.05) is 45.8 Å². The first kappa shape index (κ1) is 12.4. The second-order valence-electron chi connectivity index (χ2n) is 4.33. The SMILES string of the molecule is Cc1cccc(Cn2cc(CCCBr)cn2)c1. The molecule has 0 fully saturated rings. The fourth-order valence-electron chi connectivity index (χ4n) is 1.89. The van der Waals surface area contributed by atoms with E-state index in [0.717, 1.165) is 24.7 Å². The third-order valence-electron chi connectivity index (χ3n) is 2.71. The summed E-state index contributed by atoms with van der Waals surface area (Å²) in [5.74, 6) is 0. The van der Waals surface area contributed by atoms with Gasteiger partial charge in [-0.15, -0.1) is 0 Å². The minimum Gasteiger partial charge on any atom is -0.268 e. The average molecular weight is 293 g/mol. The standard InChI is InChI=1S/C14H17BrN2/c1-12-4-2-5-13(8-12)10-17-11-14(9-16-17)6-3-7-15/h2,4-5,8-9,11H,3,6-7,10H2,1H3. The van der Waals surface area contributed by atoms with E-state index in [9.17, 15) is 0 Å². The largest absolute Gasteiger partial charge is 0.268 e. The van der Waals surface area contributed by atoms with Crippen LogP contribution in [0, 0.1) is 6.92 Å². The molecule has 0 saturated heterocycles. The Bertz CT molecular complexity index is 477. The molecule has 0 atom stereocenters. The predicted molar refractivity (Wildman–Crippen MR) is 74.6 cm³/mol. The molecule has 2 nitrogen and oxygen atoms in total. The Labute approximate surface area is 111 Å². The van der Waals surface area contributed by atoms with E-state index in [2.05, 4.69) is 58.4 Å². The quantitative estimate of drug-likeness (QED) is 0.771. The summed E-state index contributed by atoms with van der Waals surface area (Å²) >= 11 is 3.45. The van der Waals surface area contributed by atoms with E-state index in [1.165, 1.54) is 16.7 Å². The Balaban J connectivity index is 2.01. The van der Waals surface area contributed by atoms with Crippen molar-refractivity contribution in [3.8, 4) is 0 Å². The molecule has 90 valence electrons. The summed E-state index contributed by atoms with van der Waals surface area (Å²) in [6.45, 7) is 2.98. The molecular formula is C14H17BrN2. The summed E-state index contributed by atoms with van der Waals surface area (Å²) in [5.41, 5.74) is 3.92. The minimum absolute atomic E-state index is 0.857. The van der Waals surface area contributed by atoms with Crippen molar-refractivity contribution >= 4 is 15.9 Å². The summed E-state index contributed by atoms with van der Waals surface area (Å²) in [6, 6.07) is 8.57. The minimum atomic E-state index is 0.857. The number of nitrogens with zero attached hydrogens (tertiary/aromatic N) is 2. The highest BCUT2D eigenvalue weighted by molar-refractivity contribution is 9.09. The lowest BCUT2D eigenvalue weighted by molar-refractivity contribution is 0.685. The molecule has 2 rings (SSSR count). The fourth-order valence-corrected chi connectivity index (χ4v) is 2.17. The van der Waals surface area contributed by atoms with Gasteiger partial charge in [0.05, 0.1) is 12.7 Å². The highest BCUT2D eigenvalue weighted by Crippen LogP contribution is 2.08. The lowest BCUT2D eigenvalue weighted by Crippen LogP contribution is -1.99. The third-order valence-corrected chi connectivity index (χ3v) is 3.27. The molecule has 0 radical (unpaired) electrons. The van der Waals surface area contributed by atoms with Crippen molar-refractivity contribution in [3.05, 3.63) is 53.3 Å². The van der Waals surface area contributed by atoms with Gasteiger partial charge in [-0.3, -0.25) is 4.68 Å². The van der Waals surface area contributed by atoms with Crippen molar-refractivity contribution in [1.82, 2.24) is 9.78 Å². The van der Waals surface area contributed by atoms with Crippen LogP contribution in [0.25, 0.3) is 0 Å². The van der Waals surface area contributed by atoms with Crippen molar-refractivity contribution in [2.24, 2.45) is 0 Å². The van der Waals surface area contributed by atoms with Crippen molar-refractivity contribution in [2.75, 3.05) is 5.33 Å². The molecule has 3 heteroatoms. The normalized spacial score (nSPS) is 10.7. The van der Waals surface area contributed by atoms with E-state index in [1.54, 1.807) is 0 Å². The van der Waals surface area contributed by atoms with Crippen LogP contribution in [0.4, 0.5) is 0 Å². The Kier molecular flexibility index (Phi) is 4.37. The maximum Gasteiger partial charge on any atom is 0.0659 e. The Morgan fingerprint density at radius 3 is 2.94 bits per heavy atom. The van der Waals surface area contributed by atoms with Gasteiger partial charge in [0, 0.05) is 11.5 Å². The first-order valence-electron chi connectivity index (χ1n) is 5.91. The zero-order valence-corrected chi connectivity index (χ0v) is 11.7. The van der Waals surface area contributed by atoms with Crippen molar-refractivity contribution < 1.29 is 0 Å². The van der Waals surface area contributed by atoms with Crippen LogP contribution < -0.4 is 0 Å². The van der Waals surface area contributed by atoms with Gasteiger partial charge in [0.15, 0.2) is 0 Å². The molecule has 0 unspecified atom stereocenters. The van der Waals surface area contributed by atoms with Gasteiger partial charge in [-0.2, -0.15) is 5.10 Å². The molecule has 0 aliphatic carbocycles. The molecular weight excluding hydrogens is 276 g/mol. The first-order valence-corrected chi connectivity index (χ1v) is 7.03. The van der Waals surface area contributed by atoms with Gasteiger partial charge in [-0.25, -0.2) is 0 Å². The second kappa shape index (κ2) is 6.01. The molecule has 0 amide bonds. The fraction of sp³-hybridized carbons (Fsp3) is 0.357. The molecule has 1 aromatic carbocycles. The number of hydrogen-bond donors (Lipinski definition) is 0. The lowest BCUT2D eigenvalue weighted by atomic mass is 10.1. The topological polar surface area (TPSA) is 17.8 Å². The maximum absolute atomic E-state index is 4.40. The van der Waals surface area contributed by atoms with E-state index in [4.69, 9.17) is 0 Å². The number of hydrogen-bond acceptors (Lipinski definition) is 1. The van der Waals surface area contributed by atoms with Gasteiger partial charge in [0.2, 0.25) is 0 Å². The summed E-state index contributed by atoms with van der Waals surface area (Å²) < 4.78 is 2.01. The van der Waals surface area contributed by atoms with Gasteiger partial charge in [-0.05, 0) is 30.9 Å². The van der Waals surface area contributed by atoms with Crippen LogP contribution in [0.2, 0.25) is 0 Å². The summed E-state index contributed by atoms with van der Waals surface area (Å²) in [6.07, 6.45) is 6.37. The second-order valence-corrected chi connectivity index (χ2v) is 5.12. The molecule has 1 aromatic heterocycles. The summed E-state index contributed by atoms with van der Waals surface area (Å²) in [7, 11) is 0. The molecule has 1 heterocycles. The van der Waals surface area contributed by atoms with E-state index in [1.807, 2.05) is 10.9 Å². The molecule has 0 saturated carbocycles. The van der Waals surface area contributed by atoms with Crippen LogP contribution in [-0.4, -0.2) is 15.1 Å². The van der Waals surface area contributed by atoms with Crippen molar-refractivity contribution in [3.63, 3.8) is 0 Å². The molecule has 2 aromatic rings. The highest BCUT2D eigenvalue weighted by atomic mass is 79.9. The number of aromatic nitrogens is 2. The van der Waals surface area contributed by atoms with Gasteiger partial charge in [0.1, 0.15) is 0 Å². The Morgan fingerprint density at radius 2 is 2.18 bits per heavy atom. The Hall–Kier alpha value is -1.09. The van der Waals surface area contributed by atoms with Crippen molar-refractivity contribution in [1.29, 1.82) is 0 Å².